The lowest BCUT2D eigenvalue weighted by atomic mass is 10.2. The van der Waals surface area contributed by atoms with Gasteiger partial charge in [-0.2, -0.15) is 0 Å². The Balaban J connectivity index is 1.78. The standard InChI is InChI=1S/C16H14ClN3O/c1-11-5-4-8-20-10-14(19-15(11)20)16(21)18-9-12-6-2-3-7-13(12)17/h2-8,10H,9H2,1H3,(H,18,21). The lowest BCUT2D eigenvalue weighted by Crippen LogP contribution is -2.23. The van der Waals surface area contributed by atoms with Crippen molar-refractivity contribution in [3.8, 4) is 0 Å². The molecule has 106 valence electrons. The fourth-order valence-electron chi connectivity index (χ4n) is 2.17. The number of hydrogen-bond acceptors (Lipinski definition) is 2. The second kappa shape index (κ2) is 5.58. The normalized spacial score (nSPS) is 10.8. The predicted octanol–water partition coefficient (Wildman–Crippen LogP) is 3.23. The van der Waals surface area contributed by atoms with Gasteiger partial charge in [-0.3, -0.25) is 4.79 Å². The molecule has 0 saturated carbocycles. The number of carbonyl (C=O) groups is 1. The van der Waals surface area contributed by atoms with E-state index in [0.717, 1.165) is 16.8 Å². The summed E-state index contributed by atoms with van der Waals surface area (Å²) >= 11 is 6.07. The molecule has 0 aliphatic rings. The molecule has 21 heavy (non-hydrogen) atoms. The zero-order chi connectivity index (χ0) is 14.8. The molecule has 0 atom stereocenters. The van der Waals surface area contributed by atoms with Crippen molar-refractivity contribution in [3.63, 3.8) is 0 Å². The van der Waals surface area contributed by atoms with Crippen LogP contribution in [0.4, 0.5) is 0 Å². The highest BCUT2D eigenvalue weighted by Crippen LogP contribution is 2.15. The SMILES string of the molecule is Cc1cccn2cc(C(=O)NCc3ccccc3Cl)nc12. The van der Waals surface area contributed by atoms with E-state index in [2.05, 4.69) is 10.3 Å². The Morgan fingerprint density at radius 2 is 2.10 bits per heavy atom. The first-order valence-corrected chi connectivity index (χ1v) is 6.99. The van der Waals surface area contributed by atoms with Gasteiger partial charge < -0.3 is 9.72 Å². The number of aryl methyl sites for hydroxylation is 1. The molecule has 0 aliphatic carbocycles. The molecular weight excluding hydrogens is 286 g/mol. The lowest BCUT2D eigenvalue weighted by molar-refractivity contribution is 0.0946. The van der Waals surface area contributed by atoms with Crippen LogP contribution in [-0.2, 0) is 6.54 Å². The van der Waals surface area contributed by atoms with Crippen molar-refractivity contribution in [2.24, 2.45) is 0 Å². The van der Waals surface area contributed by atoms with Crippen LogP contribution in [0.3, 0.4) is 0 Å². The molecule has 0 unspecified atom stereocenters. The summed E-state index contributed by atoms with van der Waals surface area (Å²) in [5.74, 6) is -0.210. The number of carbonyl (C=O) groups excluding carboxylic acids is 1. The van der Waals surface area contributed by atoms with Crippen LogP contribution >= 0.6 is 11.6 Å². The Bertz CT molecular complexity index is 810. The maximum absolute atomic E-state index is 12.2. The minimum Gasteiger partial charge on any atom is -0.347 e. The Morgan fingerprint density at radius 1 is 1.29 bits per heavy atom. The van der Waals surface area contributed by atoms with E-state index in [1.807, 2.05) is 47.9 Å². The minimum atomic E-state index is -0.210. The van der Waals surface area contributed by atoms with Crippen LogP contribution in [-0.4, -0.2) is 15.3 Å². The number of pyridine rings is 1. The van der Waals surface area contributed by atoms with Crippen molar-refractivity contribution in [2.45, 2.75) is 13.5 Å². The maximum Gasteiger partial charge on any atom is 0.271 e. The number of hydrogen-bond donors (Lipinski definition) is 1. The molecule has 3 rings (SSSR count). The van der Waals surface area contributed by atoms with E-state index in [0.29, 0.717) is 17.3 Å². The predicted molar refractivity (Wildman–Crippen MR) is 82.6 cm³/mol. The first kappa shape index (κ1) is 13.6. The number of amides is 1. The fourth-order valence-corrected chi connectivity index (χ4v) is 2.37. The molecule has 3 aromatic rings. The van der Waals surface area contributed by atoms with Crippen LogP contribution in [0.15, 0.2) is 48.8 Å². The minimum absolute atomic E-state index is 0.210. The second-order valence-corrected chi connectivity index (χ2v) is 5.23. The number of nitrogens with zero attached hydrogens (tertiary/aromatic N) is 2. The van der Waals surface area contributed by atoms with Gasteiger partial charge in [0.2, 0.25) is 0 Å². The van der Waals surface area contributed by atoms with E-state index in [9.17, 15) is 4.79 Å². The van der Waals surface area contributed by atoms with Gasteiger partial charge in [0.25, 0.3) is 5.91 Å². The summed E-state index contributed by atoms with van der Waals surface area (Å²) < 4.78 is 1.85. The quantitative estimate of drug-likeness (QED) is 0.807. The van der Waals surface area contributed by atoms with Crippen molar-refractivity contribution in [1.82, 2.24) is 14.7 Å². The molecule has 2 aromatic heterocycles. The van der Waals surface area contributed by atoms with Gasteiger partial charge in [0, 0.05) is 24.0 Å². The van der Waals surface area contributed by atoms with E-state index in [-0.39, 0.29) is 5.91 Å². The van der Waals surface area contributed by atoms with Gasteiger partial charge in [-0.1, -0.05) is 35.9 Å². The van der Waals surface area contributed by atoms with Crippen LogP contribution in [0.5, 0.6) is 0 Å². The molecular formula is C16H14ClN3O. The topological polar surface area (TPSA) is 46.4 Å². The molecule has 2 heterocycles. The molecule has 0 radical (unpaired) electrons. The van der Waals surface area contributed by atoms with E-state index in [1.165, 1.54) is 0 Å². The van der Waals surface area contributed by atoms with Gasteiger partial charge >= 0.3 is 0 Å². The Morgan fingerprint density at radius 3 is 2.86 bits per heavy atom. The number of fused-ring (bicyclic) bond motifs is 1. The summed E-state index contributed by atoms with van der Waals surface area (Å²) in [5, 5.41) is 3.48. The van der Waals surface area contributed by atoms with Gasteiger partial charge in [0.05, 0.1) is 0 Å². The van der Waals surface area contributed by atoms with E-state index >= 15 is 0 Å². The monoisotopic (exact) mass is 299 g/mol. The van der Waals surface area contributed by atoms with E-state index < -0.39 is 0 Å². The average Bonchev–Trinajstić information content (AvgIpc) is 2.92. The molecule has 1 aromatic carbocycles. The number of benzene rings is 1. The first-order valence-electron chi connectivity index (χ1n) is 6.61. The van der Waals surface area contributed by atoms with Crippen LogP contribution in [0.25, 0.3) is 5.65 Å². The lowest BCUT2D eigenvalue weighted by Gasteiger charge is -2.05. The third-order valence-corrected chi connectivity index (χ3v) is 3.68. The molecule has 5 heteroatoms. The first-order chi connectivity index (χ1) is 10.1. The zero-order valence-corrected chi connectivity index (χ0v) is 12.3. The molecule has 1 amide bonds. The van der Waals surface area contributed by atoms with Crippen molar-refractivity contribution < 1.29 is 4.79 Å². The zero-order valence-electron chi connectivity index (χ0n) is 11.5. The Hall–Kier alpha value is -2.33. The van der Waals surface area contributed by atoms with E-state index in [1.54, 1.807) is 12.3 Å². The van der Waals surface area contributed by atoms with Crippen LogP contribution < -0.4 is 5.32 Å². The molecule has 1 N–H and O–H groups in total. The number of halogens is 1. The third-order valence-electron chi connectivity index (χ3n) is 3.31. The van der Waals surface area contributed by atoms with Gasteiger partial charge in [-0.15, -0.1) is 0 Å². The second-order valence-electron chi connectivity index (χ2n) is 4.82. The van der Waals surface area contributed by atoms with Crippen LogP contribution in [0.2, 0.25) is 5.02 Å². The molecule has 0 spiro atoms. The Kier molecular flexibility index (Phi) is 3.62. The highest BCUT2D eigenvalue weighted by Gasteiger charge is 2.11. The highest BCUT2D eigenvalue weighted by molar-refractivity contribution is 6.31. The molecule has 0 saturated heterocycles. The molecule has 0 bridgehead atoms. The van der Waals surface area contributed by atoms with Crippen molar-refractivity contribution >= 4 is 23.2 Å². The maximum atomic E-state index is 12.2. The summed E-state index contributed by atoms with van der Waals surface area (Å²) in [6.45, 7) is 2.35. The number of aromatic nitrogens is 2. The van der Waals surface area contributed by atoms with E-state index in [4.69, 9.17) is 11.6 Å². The van der Waals surface area contributed by atoms with Gasteiger partial charge in [0.1, 0.15) is 11.3 Å². The summed E-state index contributed by atoms with van der Waals surface area (Å²) in [6, 6.07) is 11.3. The number of rotatable bonds is 3. The number of nitrogens with one attached hydrogen (secondary N) is 1. The van der Waals surface area contributed by atoms with Crippen LogP contribution in [0, 0.1) is 6.92 Å². The fraction of sp³-hybridized carbons (Fsp3) is 0.125. The average molecular weight is 300 g/mol. The van der Waals surface area contributed by atoms with Crippen LogP contribution in [0.1, 0.15) is 21.6 Å². The summed E-state index contributed by atoms with van der Waals surface area (Å²) in [4.78, 5) is 16.5. The summed E-state index contributed by atoms with van der Waals surface area (Å²) in [7, 11) is 0. The third kappa shape index (κ3) is 2.76. The van der Waals surface area contributed by atoms with Gasteiger partial charge in [-0.25, -0.2) is 4.98 Å². The number of imidazole rings is 1. The summed E-state index contributed by atoms with van der Waals surface area (Å²) in [6.07, 6.45) is 3.60. The molecule has 4 nitrogen and oxygen atoms in total. The molecule has 0 fully saturated rings. The highest BCUT2D eigenvalue weighted by atomic mass is 35.5. The van der Waals surface area contributed by atoms with Gasteiger partial charge in [0.15, 0.2) is 0 Å². The van der Waals surface area contributed by atoms with Gasteiger partial charge in [-0.05, 0) is 30.2 Å². The smallest absolute Gasteiger partial charge is 0.271 e. The Labute approximate surface area is 127 Å². The molecule has 0 aliphatic heterocycles. The van der Waals surface area contributed by atoms with Crippen molar-refractivity contribution in [1.29, 1.82) is 0 Å². The summed E-state index contributed by atoms with van der Waals surface area (Å²) in [5.41, 5.74) is 3.10. The van der Waals surface area contributed by atoms with Crippen molar-refractivity contribution in [3.05, 3.63) is 70.6 Å². The largest absolute Gasteiger partial charge is 0.347 e. The van der Waals surface area contributed by atoms with Crippen molar-refractivity contribution in [2.75, 3.05) is 0 Å².